The molecule has 1 saturated heterocycles. The summed E-state index contributed by atoms with van der Waals surface area (Å²) >= 11 is 0. The van der Waals surface area contributed by atoms with Gasteiger partial charge in [-0.25, -0.2) is 9.78 Å². The first-order valence-corrected chi connectivity index (χ1v) is 13.7. The molecule has 2 aromatic carbocycles. The van der Waals surface area contributed by atoms with Crippen LogP contribution in [-0.2, 0) is 17.6 Å². The van der Waals surface area contributed by atoms with Gasteiger partial charge in [-0.05, 0) is 85.9 Å². The number of rotatable bonds is 10. The van der Waals surface area contributed by atoms with Crippen LogP contribution in [0, 0.1) is 5.92 Å². The summed E-state index contributed by atoms with van der Waals surface area (Å²) in [6.45, 7) is 3.57. The summed E-state index contributed by atoms with van der Waals surface area (Å²) in [6.07, 6.45) is 5.80. The van der Waals surface area contributed by atoms with Crippen molar-refractivity contribution in [1.82, 2.24) is 15.2 Å². The monoisotopic (exact) mass is 512 g/mol. The molecule has 1 fully saturated rings. The van der Waals surface area contributed by atoms with Crippen molar-refractivity contribution in [3.8, 4) is 11.1 Å². The highest BCUT2D eigenvalue weighted by Gasteiger charge is 2.26. The van der Waals surface area contributed by atoms with Crippen molar-refractivity contribution in [3.63, 3.8) is 0 Å². The second-order valence-electron chi connectivity index (χ2n) is 10.4. The lowest BCUT2D eigenvalue weighted by molar-refractivity contribution is -0.139. The van der Waals surface area contributed by atoms with Crippen LogP contribution in [0.2, 0.25) is 0 Å². The van der Waals surface area contributed by atoms with Gasteiger partial charge in [-0.3, -0.25) is 4.79 Å². The number of benzene rings is 2. The van der Waals surface area contributed by atoms with Crippen molar-refractivity contribution >= 4 is 17.7 Å². The van der Waals surface area contributed by atoms with E-state index in [1.807, 2.05) is 48.5 Å². The van der Waals surface area contributed by atoms with Gasteiger partial charge >= 0.3 is 5.97 Å². The zero-order valence-corrected chi connectivity index (χ0v) is 21.7. The number of carboxylic acids is 1. The number of aliphatic carboxylic acids is 1. The highest BCUT2D eigenvalue weighted by atomic mass is 16.4. The first kappa shape index (κ1) is 25.9. The molecule has 0 radical (unpaired) electrons. The van der Waals surface area contributed by atoms with Crippen LogP contribution in [0.5, 0.6) is 0 Å². The van der Waals surface area contributed by atoms with Crippen molar-refractivity contribution in [2.24, 2.45) is 5.92 Å². The zero-order chi connectivity index (χ0) is 26.3. The van der Waals surface area contributed by atoms with Crippen molar-refractivity contribution in [1.29, 1.82) is 0 Å². The van der Waals surface area contributed by atoms with Gasteiger partial charge in [0.2, 0.25) is 0 Å². The Bertz CT molecular complexity index is 1260. The van der Waals surface area contributed by atoms with E-state index in [0.29, 0.717) is 24.4 Å². The van der Waals surface area contributed by atoms with E-state index in [1.54, 1.807) is 6.07 Å². The van der Waals surface area contributed by atoms with Gasteiger partial charge in [-0.15, -0.1) is 0 Å². The van der Waals surface area contributed by atoms with E-state index in [9.17, 15) is 14.7 Å². The first-order chi connectivity index (χ1) is 18.5. The molecule has 0 spiro atoms. The maximum atomic E-state index is 12.9. The van der Waals surface area contributed by atoms with Crippen LogP contribution in [0.3, 0.4) is 0 Å². The number of aromatic nitrogens is 1. The molecule has 1 amide bonds. The molecular formula is C31H36N4O3. The third-order valence-corrected chi connectivity index (χ3v) is 7.70. The molecule has 38 heavy (non-hydrogen) atoms. The number of aryl methyl sites for hydroxylation is 2. The van der Waals surface area contributed by atoms with E-state index >= 15 is 0 Å². The number of nitrogens with one attached hydrogen (secondary N) is 2. The second-order valence-corrected chi connectivity index (χ2v) is 10.4. The molecule has 2 aliphatic heterocycles. The van der Waals surface area contributed by atoms with Crippen molar-refractivity contribution in [2.75, 3.05) is 31.5 Å². The third kappa shape index (κ3) is 6.58. The predicted molar refractivity (Wildman–Crippen MR) is 149 cm³/mol. The number of carboxylic acid groups (broad SMARTS) is 1. The van der Waals surface area contributed by atoms with Gasteiger partial charge < -0.3 is 20.6 Å². The van der Waals surface area contributed by atoms with Gasteiger partial charge in [0.15, 0.2) is 0 Å². The Balaban J connectivity index is 1.10. The van der Waals surface area contributed by atoms with Crippen molar-refractivity contribution in [3.05, 3.63) is 83.6 Å². The summed E-state index contributed by atoms with van der Waals surface area (Å²) in [5.41, 5.74) is 4.86. The molecule has 198 valence electrons. The number of nitrogens with zero attached hydrogens (tertiary/aromatic N) is 2. The lowest BCUT2D eigenvalue weighted by Gasteiger charge is -2.20. The van der Waals surface area contributed by atoms with E-state index in [1.165, 1.54) is 12.0 Å². The molecule has 1 aromatic heterocycles. The highest BCUT2D eigenvalue weighted by molar-refractivity contribution is 5.97. The molecule has 7 heteroatoms. The number of anilines is 1. The SMILES string of the molecule is O=C(NC(CCN1CCC(CCc2ccc3c(n2)NCCC3)C1)C(=O)O)c1cccc(-c2ccccc2)c1. The normalized spacial score (nSPS) is 17.8. The molecule has 7 nitrogen and oxygen atoms in total. The van der Waals surface area contributed by atoms with E-state index in [-0.39, 0.29) is 5.91 Å². The predicted octanol–water partition coefficient (Wildman–Crippen LogP) is 4.63. The number of carbonyl (C=O) groups excluding carboxylic acids is 1. The number of hydrogen-bond donors (Lipinski definition) is 3. The Kier molecular flexibility index (Phi) is 8.34. The Morgan fingerprint density at radius 1 is 1.08 bits per heavy atom. The first-order valence-electron chi connectivity index (χ1n) is 13.7. The maximum absolute atomic E-state index is 12.9. The molecule has 0 saturated carbocycles. The second kappa shape index (κ2) is 12.2. The van der Waals surface area contributed by atoms with Crippen LogP contribution >= 0.6 is 0 Å². The topological polar surface area (TPSA) is 94.6 Å². The van der Waals surface area contributed by atoms with Crippen LogP contribution < -0.4 is 10.6 Å². The van der Waals surface area contributed by atoms with Gasteiger partial charge in [-0.2, -0.15) is 0 Å². The molecular weight excluding hydrogens is 476 g/mol. The number of pyridine rings is 1. The summed E-state index contributed by atoms with van der Waals surface area (Å²) in [6, 6.07) is 20.6. The number of likely N-dealkylation sites (tertiary alicyclic amines) is 1. The number of hydrogen-bond acceptors (Lipinski definition) is 5. The van der Waals surface area contributed by atoms with E-state index in [4.69, 9.17) is 4.98 Å². The van der Waals surface area contributed by atoms with Crippen LogP contribution in [-0.4, -0.2) is 59.1 Å². The van der Waals surface area contributed by atoms with Gasteiger partial charge in [0.05, 0.1) is 0 Å². The molecule has 5 rings (SSSR count). The lowest BCUT2D eigenvalue weighted by atomic mass is 10.00. The van der Waals surface area contributed by atoms with Gasteiger partial charge in [0.1, 0.15) is 11.9 Å². The van der Waals surface area contributed by atoms with Gasteiger partial charge in [0.25, 0.3) is 5.91 Å². The van der Waals surface area contributed by atoms with Crippen LogP contribution in [0.4, 0.5) is 5.82 Å². The summed E-state index contributed by atoms with van der Waals surface area (Å²) < 4.78 is 0. The van der Waals surface area contributed by atoms with Crippen LogP contribution in [0.15, 0.2) is 66.7 Å². The Labute approximate surface area is 224 Å². The van der Waals surface area contributed by atoms with E-state index < -0.39 is 12.0 Å². The largest absolute Gasteiger partial charge is 0.480 e. The number of carbonyl (C=O) groups is 2. The fourth-order valence-electron chi connectivity index (χ4n) is 5.49. The quantitative estimate of drug-likeness (QED) is 0.367. The third-order valence-electron chi connectivity index (χ3n) is 7.70. The molecule has 3 aromatic rings. The molecule has 2 aliphatic rings. The molecule has 3 heterocycles. The smallest absolute Gasteiger partial charge is 0.326 e. The average molecular weight is 513 g/mol. The standard InChI is InChI=1S/C31H36N4O3/c36-30(26-9-4-8-25(20-26)23-6-2-1-3-7-23)34-28(31(37)38)16-19-35-18-15-22(21-35)11-13-27-14-12-24-10-5-17-32-29(24)33-27/h1-4,6-9,12,14,20,22,28H,5,10-11,13,15-19,21H2,(H,32,33)(H,34,36)(H,37,38). The van der Waals surface area contributed by atoms with Crippen LogP contribution in [0.1, 0.15) is 47.3 Å². The Hall–Kier alpha value is -3.71. The summed E-state index contributed by atoms with van der Waals surface area (Å²) in [5, 5.41) is 15.9. The summed E-state index contributed by atoms with van der Waals surface area (Å²) in [4.78, 5) is 32.0. The molecule has 0 bridgehead atoms. The molecule has 0 aliphatic carbocycles. The van der Waals surface area contributed by atoms with Crippen molar-refractivity contribution < 1.29 is 14.7 Å². The fourth-order valence-corrected chi connectivity index (χ4v) is 5.49. The maximum Gasteiger partial charge on any atom is 0.326 e. The van der Waals surface area contributed by atoms with Crippen LogP contribution in [0.25, 0.3) is 11.1 Å². The minimum Gasteiger partial charge on any atom is -0.480 e. The Morgan fingerprint density at radius 3 is 2.76 bits per heavy atom. The number of amides is 1. The Morgan fingerprint density at radius 2 is 1.92 bits per heavy atom. The summed E-state index contributed by atoms with van der Waals surface area (Å²) in [5.74, 6) is 0.275. The van der Waals surface area contributed by atoms with Crippen molar-refractivity contribution in [2.45, 2.75) is 44.6 Å². The zero-order valence-electron chi connectivity index (χ0n) is 21.7. The highest BCUT2D eigenvalue weighted by Crippen LogP contribution is 2.24. The minimum atomic E-state index is -1.000. The molecule has 3 N–H and O–H groups in total. The van der Waals surface area contributed by atoms with Gasteiger partial charge in [0, 0.05) is 30.9 Å². The van der Waals surface area contributed by atoms with E-state index in [0.717, 1.165) is 68.0 Å². The molecule has 2 atom stereocenters. The lowest BCUT2D eigenvalue weighted by Crippen LogP contribution is -2.43. The fraction of sp³-hybridized carbons (Fsp3) is 0.387. The average Bonchev–Trinajstić information content (AvgIpc) is 3.42. The number of fused-ring (bicyclic) bond motifs is 1. The van der Waals surface area contributed by atoms with Gasteiger partial charge in [-0.1, -0.05) is 48.5 Å². The summed E-state index contributed by atoms with van der Waals surface area (Å²) in [7, 11) is 0. The molecule has 2 unspecified atom stereocenters. The minimum absolute atomic E-state index is 0.360. The van der Waals surface area contributed by atoms with E-state index in [2.05, 4.69) is 27.7 Å².